The van der Waals surface area contributed by atoms with Crippen molar-refractivity contribution in [1.29, 1.82) is 0 Å². The molecule has 0 aliphatic heterocycles. The van der Waals surface area contributed by atoms with E-state index in [0.717, 1.165) is 0 Å². The van der Waals surface area contributed by atoms with E-state index in [2.05, 4.69) is 0 Å². The number of hydrogen-bond acceptors (Lipinski definition) is 3. The first-order valence-corrected chi connectivity index (χ1v) is 3.12. The minimum atomic E-state index is -1.07. The van der Waals surface area contributed by atoms with E-state index in [1.807, 2.05) is 0 Å². The lowest BCUT2D eigenvalue weighted by Crippen LogP contribution is -2.38. The molecule has 9 heavy (non-hydrogen) atoms. The van der Waals surface area contributed by atoms with Crippen LogP contribution in [0.5, 0.6) is 0 Å². The second kappa shape index (κ2) is 1.94. The topological polar surface area (TPSA) is 60.7 Å². The van der Waals surface area contributed by atoms with E-state index < -0.39 is 17.8 Å². The van der Waals surface area contributed by atoms with Crippen molar-refractivity contribution in [3.63, 3.8) is 0 Å². The Morgan fingerprint density at radius 3 is 2.11 bits per heavy atom. The fraction of sp³-hybridized carbons (Fsp3) is 1.00. The minimum absolute atomic E-state index is 0.481. The van der Waals surface area contributed by atoms with Crippen molar-refractivity contribution in [2.75, 3.05) is 0 Å². The Bertz CT molecular complexity index is 111. The standard InChI is InChI=1S/C6H12O3/c1-6(9)3-2-4(7)5(6)8/h4-5,7-9H,2-3H2,1H3/t4-,5-,6+/m1/s1. The summed E-state index contributed by atoms with van der Waals surface area (Å²) < 4.78 is 0. The molecule has 3 atom stereocenters. The highest BCUT2D eigenvalue weighted by Gasteiger charge is 2.41. The summed E-state index contributed by atoms with van der Waals surface area (Å²) in [4.78, 5) is 0. The molecule has 3 N–H and O–H groups in total. The minimum Gasteiger partial charge on any atom is -0.390 e. The van der Waals surface area contributed by atoms with Gasteiger partial charge in [0.25, 0.3) is 0 Å². The second-order valence-electron chi connectivity index (χ2n) is 2.91. The van der Waals surface area contributed by atoms with Crippen molar-refractivity contribution < 1.29 is 15.3 Å². The Balaban J connectivity index is 2.62. The Labute approximate surface area is 53.9 Å². The zero-order chi connectivity index (χ0) is 7.07. The summed E-state index contributed by atoms with van der Waals surface area (Å²) in [7, 11) is 0. The molecule has 0 amide bonds. The molecule has 0 unspecified atom stereocenters. The lowest BCUT2D eigenvalue weighted by Gasteiger charge is -2.21. The lowest BCUT2D eigenvalue weighted by molar-refractivity contribution is -0.0752. The average molecular weight is 132 g/mol. The van der Waals surface area contributed by atoms with E-state index in [1.54, 1.807) is 0 Å². The first-order valence-electron chi connectivity index (χ1n) is 3.12. The molecule has 0 radical (unpaired) electrons. The van der Waals surface area contributed by atoms with Crippen molar-refractivity contribution >= 4 is 0 Å². The fourth-order valence-electron chi connectivity index (χ4n) is 1.16. The molecule has 3 heteroatoms. The van der Waals surface area contributed by atoms with Crippen LogP contribution in [-0.2, 0) is 0 Å². The van der Waals surface area contributed by atoms with Crippen molar-refractivity contribution in [2.45, 2.75) is 37.6 Å². The quantitative estimate of drug-likeness (QED) is 0.406. The van der Waals surface area contributed by atoms with Gasteiger partial charge in [0.2, 0.25) is 0 Å². The van der Waals surface area contributed by atoms with Crippen molar-refractivity contribution in [3.8, 4) is 0 Å². The SMILES string of the molecule is C[C@]1(O)CC[C@@H](O)[C@H]1O. The second-order valence-corrected chi connectivity index (χ2v) is 2.91. The third-order valence-corrected chi connectivity index (χ3v) is 1.95. The van der Waals surface area contributed by atoms with Crippen LogP contribution in [0.1, 0.15) is 19.8 Å². The maximum atomic E-state index is 9.22. The maximum absolute atomic E-state index is 9.22. The molecule has 0 saturated heterocycles. The fourth-order valence-corrected chi connectivity index (χ4v) is 1.16. The molecule has 0 aromatic heterocycles. The summed E-state index contributed by atoms with van der Waals surface area (Å²) in [6, 6.07) is 0. The molecule has 0 bridgehead atoms. The van der Waals surface area contributed by atoms with E-state index in [0.29, 0.717) is 12.8 Å². The van der Waals surface area contributed by atoms with Gasteiger partial charge in [0, 0.05) is 0 Å². The van der Waals surface area contributed by atoms with Gasteiger partial charge in [-0.25, -0.2) is 0 Å². The van der Waals surface area contributed by atoms with Gasteiger partial charge in [0.15, 0.2) is 0 Å². The highest BCUT2D eigenvalue weighted by Crippen LogP contribution is 2.29. The molecular weight excluding hydrogens is 120 g/mol. The maximum Gasteiger partial charge on any atom is 0.108 e. The van der Waals surface area contributed by atoms with Gasteiger partial charge in [-0.15, -0.1) is 0 Å². The Morgan fingerprint density at radius 1 is 1.44 bits per heavy atom. The summed E-state index contributed by atoms with van der Waals surface area (Å²) in [6.07, 6.45) is -0.721. The predicted octanol–water partition coefficient (Wildman–Crippen LogP) is -0.747. The molecule has 1 fully saturated rings. The van der Waals surface area contributed by atoms with Crippen LogP contribution in [-0.4, -0.2) is 33.1 Å². The zero-order valence-electron chi connectivity index (χ0n) is 5.41. The summed E-state index contributed by atoms with van der Waals surface area (Å²) in [5, 5.41) is 27.2. The van der Waals surface area contributed by atoms with Gasteiger partial charge in [-0.3, -0.25) is 0 Å². The van der Waals surface area contributed by atoms with Crippen molar-refractivity contribution in [3.05, 3.63) is 0 Å². The highest BCUT2D eigenvalue weighted by atomic mass is 16.4. The Hall–Kier alpha value is -0.120. The van der Waals surface area contributed by atoms with Gasteiger partial charge in [-0.1, -0.05) is 0 Å². The van der Waals surface area contributed by atoms with Gasteiger partial charge < -0.3 is 15.3 Å². The van der Waals surface area contributed by atoms with Gasteiger partial charge in [-0.2, -0.15) is 0 Å². The van der Waals surface area contributed by atoms with Gasteiger partial charge >= 0.3 is 0 Å². The number of aliphatic hydroxyl groups excluding tert-OH is 2. The molecule has 0 spiro atoms. The smallest absolute Gasteiger partial charge is 0.108 e. The van der Waals surface area contributed by atoms with Crippen LogP contribution in [0.4, 0.5) is 0 Å². The molecule has 0 heterocycles. The van der Waals surface area contributed by atoms with Gasteiger partial charge in [0.05, 0.1) is 11.7 Å². The van der Waals surface area contributed by atoms with E-state index >= 15 is 0 Å². The first-order chi connectivity index (χ1) is 4.04. The van der Waals surface area contributed by atoms with Gasteiger partial charge in [-0.05, 0) is 19.8 Å². The molecule has 0 aromatic rings. The van der Waals surface area contributed by atoms with E-state index in [4.69, 9.17) is 10.2 Å². The number of rotatable bonds is 0. The monoisotopic (exact) mass is 132 g/mol. The van der Waals surface area contributed by atoms with Crippen LogP contribution in [0.15, 0.2) is 0 Å². The molecule has 0 aromatic carbocycles. The average Bonchev–Trinajstić information content (AvgIpc) is 1.97. The van der Waals surface area contributed by atoms with E-state index in [1.165, 1.54) is 6.92 Å². The lowest BCUT2D eigenvalue weighted by atomic mass is 10.0. The van der Waals surface area contributed by atoms with Crippen LogP contribution in [0.2, 0.25) is 0 Å². The third-order valence-electron chi connectivity index (χ3n) is 1.95. The van der Waals surface area contributed by atoms with E-state index in [-0.39, 0.29) is 0 Å². The van der Waals surface area contributed by atoms with E-state index in [9.17, 15) is 5.11 Å². The molecule has 1 aliphatic rings. The van der Waals surface area contributed by atoms with Crippen LogP contribution in [0.3, 0.4) is 0 Å². The Morgan fingerprint density at radius 2 is 2.00 bits per heavy atom. The molecule has 1 rings (SSSR count). The molecule has 1 saturated carbocycles. The van der Waals surface area contributed by atoms with Crippen molar-refractivity contribution in [1.82, 2.24) is 0 Å². The first kappa shape index (κ1) is 6.99. The normalized spacial score (nSPS) is 52.0. The molecule has 54 valence electrons. The molecule has 1 aliphatic carbocycles. The summed E-state index contributed by atoms with van der Waals surface area (Å²) in [5.74, 6) is 0. The third kappa shape index (κ3) is 1.08. The highest BCUT2D eigenvalue weighted by molar-refractivity contribution is 4.94. The van der Waals surface area contributed by atoms with Crippen molar-refractivity contribution in [2.24, 2.45) is 0 Å². The summed E-state index contributed by atoms with van der Waals surface area (Å²) in [6.45, 7) is 1.54. The molecule has 3 nitrogen and oxygen atoms in total. The van der Waals surface area contributed by atoms with Gasteiger partial charge in [0.1, 0.15) is 6.10 Å². The summed E-state index contributed by atoms with van der Waals surface area (Å²) in [5.41, 5.74) is -1.07. The summed E-state index contributed by atoms with van der Waals surface area (Å²) >= 11 is 0. The molecular formula is C6H12O3. The Kier molecular flexibility index (Phi) is 1.50. The van der Waals surface area contributed by atoms with Crippen LogP contribution >= 0.6 is 0 Å². The number of hydrogen-bond donors (Lipinski definition) is 3. The van der Waals surface area contributed by atoms with Crippen LogP contribution < -0.4 is 0 Å². The predicted molar refractivity (Wildman–Crippen MR) is 31.9 cm³/mol. The van der Waals surface area contributed by atoms with Crippen LogP contribution in [0.25, 0.3) is 0 Å². The van der Waals surface area contributed by atoms with Crippen LogP contribution in [0, 0.1) is 0 Å². The largest absolute Gasteiger partial charge is 0.390 e. The zero-order valence-corrected chi connectivity index (χ0v) is 5.41. The number of aliphatic hydroxyl groups is 3.